The molecule has 5 nitrogen and oxygen atoms in total. The maximum atomic E-state index is 12.1. The normalized spacial score (nSPS) is 19.0. The van der Waals surface area contributed by atoms with Crippen molar-refractivity contribution in [2.75, 3.05) is 20.3 Å². The van der Waals surface area contributed by atoms with Crippen molar-refractivity contribution in [1.82, 2.24) is 5.32 Å². The van der Waals surface area contributed by atoms with Gasteiger partial charge in [0.2, 0.25) is 0 Å². The summed E-state index contributed by atoms with van der Waals surface area (Å²) in [5, 5.41) is 2.82. The molecule has 0 aromatic heterocycles. The fourth-order valence-electron chi connectivity index (χ4n) is 2.42. The molecule has 1 aromatic rings. The summed E-state index contributed by atoms with van der Waals surface area (Å²) in [5.74, 6) is -0.106. The minimum absolute atomic E-state index is 0.106. The van der Waals surface area contributed by atoms with Gasteiger partial charge >= 0.3 is 7.12 Å². The van der Waals surface area contributed by atoms with Crippen molar-refractivity contribution >= 4 is 18.5 Å². The zero-order valence-electron chi connectivity index (χ0n) is 14.9. The quantitative estimate of drug-likeness (QED) is 0.663. The van der Waals surface area contributed by atoms with E-state index in [1.165, 1.54) is 0 Å². The lowest BCUT2D eigenvalue weighted by Crippen LogP contribution is -2.41. The average molecular weight is 319 g/mol. The highest BCUT2D eigenvalue weighted by Crippen LogP contribution is 2.36. The molecule has 1 saturated heterocycles. The van der Waals surface area contributed by atoms with Crippen LogP contribution in [0.5, 0.6) is 0 Å². The Hall–Kier alpha value is -1.37. The van der Waals surface area contributed by atoms with Crippen LogP contribution in [0.15, 0.2) is 18.2 Å². The fourth-order valence-corrected chi connectivity index (χ4v) is 2.42. The van der Waals surface area contributed by atoms with Crippen molar-refractivity contribution in [3.05, 3.63) is 29.3 Å². The summed E-state index contributed by atoms with van der Waals surface area (Å²) in [4.78, 5) is 12.1. The molecule has 1 fully saturated rings. The number of rotatable bonds is 5. The Morgan fingerprint density at radius 3 is 2.35 bits per heavy atom. The molecule has 1 aliphatic rings. The van der Waals surface area contributed by atoms with Gasteiger partial charge in [-0.1, -0.05) is 11.6 Å². The number of ether oxygens (including phenoxy) is 1. The molecule has 0 radical (unpaired) electrons. The van der Waals surface area contributed by atoms with Gasteiger partial charge in [0.15, 0.2) is 0 Å². The number of methoxy groups -OCH3 is 1. The first kappa shape index (κ1) is 18.0. The summed E-state index contributed by atoms with van der Waals surface area (Å²) < 4.78 is 17.1. The van der Waals surface area contributed by atoms with Crippen molar-refractivity contribution in [2.45, 2.75) is 45.8 Å². The van der Waals surface area contributed by atoms with Gasteiger partial charge in [-0.15, -0.1) is 0 Å². The summed E-state index contributed by atoms with van der Waals surface area (Å²) in [6.45, 7) is 11.1. The molecule has 0 saturated carbocycles. The molecule has 1 aromatic carbocycles. The molecule has 23 heavy (non-hydrogen) atoms. The first-order valence-electron chi connectivity index (χ1n) is 7.91. The number of benzene rings is 1. The summed E-state index contributed by atoms with van der Waals surface area (Å²) in [7, 11) is 1.20. The SMILES string of the molecule is COCCNC(=O)c1ccc(B2OC(C)(C)C(C)(C)O2)c(C)c1. The van der Waals surface area contributed by atoms with Crippen LogP contribution < -0.4 is 10.8 Å². The van der Waals surface area contributed by atoms with E-state index in [9.17, 15) is 4.79 Å². The molecular formula is C17H26BNO4. The van der Waals surface area contributed by atoms with Crippen molar-refractivity contribution in [1.29, 1.82) is 0 Å². The summed E-state index contributed by atoms with van der Waals surface area (Å²) in [5.41, 5.74) is 1.81. The van der Waals surface area contributed by atoms with Gasteiger partial charge in [-0.25, -0.2) is 0 Å². The van der Waals surface area contributed by atoms with Gasteiger partial charge in [0.05, 0.1) is 17.8 Å². The molecule has 0 unspecified atom stereocenters. The van der Waals surface area contributed by atoms with Crippen LogP contribution in [0.25, 0.3) is 0 Å². The van der Waals surface area contributed by atoms with Crippen LogP contribution in [-0.4, -0.2) is 44.5 Å². The maximum absolute atomic E-state index is 12.1. The van der Waals surface area contributed by atoms with E-state index in [2.05, 4.69) is 5.32 Å². The third kappa shape index (κ3) is 3.76. The van der Waals surface area contributed by atoms with E-state index in [0.29, 0.717) is 18.7 Å². The van der Waals surface area contributed by atoms with Gasteiger partial charge in [0, 0.05) is 19.2 Å². The smallest absolute Gasteiger partial charge is 0.399 e. The number of carbonyl (C=O) groups excluding carboxylic acids is 1. The van der Waals surface area contributed by atoms with E-state index < -0.39 is 7.12 Å². The minimum Gasteiger partial charge on any atom is -0.399 e. The molecule has 0 atom stereocenters. The Morgan fingerprint density at radius 2 is 1.83 bits per heavy atom. The van der Waals surface area contributed by atoms with Gasteiger partial charge < -0.3 is 19.4 Å². The lowest BCUT2D eigenvalue weighted by atomic mass is 9.76. The van der Waals surface area contributed by atoms with Gasteiger partial charge in [-0.2, -0.15) is 0 Å². The highest BCUT2D eigenvalue weighted by atomic mass is 16.7. The lowest BCUT2D eigenvalue weighted by molar-refractivity contribution is 0.00578. The Labute approximate surface area is 138 Å². The molecule has 0 spiro atoms. The first-order valence-corrected chi connectivity index (χ1v) is 7.91. The van der Waals surface area contributed by atoms with Crippen LogP contribution in [-0.2, 0) is 14.0 Å². The Kier molecular flexibility index (Phi) is 5.18. The minimum atomic E-state index is -0.411. The second-order valence-corrected chi connectivity index (χ2v) is 6.91. The van der Waals surface area contributed by atoms with E-state index in [0.717, 1.165) is 11.0 Å². The molecule has 0 aliphatic carbocycles. The predicted octanol–water partition coefficient (Wildman–Crippen LogP) is 1.67. The van der Waals surface area contributed by atoms with E-state index in [1.807, 2.05) is 46.8 Å². The predicted molar refractivity (Wildman–Crippen MR) is 91.1 cm³/mol. The number of aryl methyl sites for hydroxylation is 1. The third-order valence-corrected chi connectivity index (χ3v) is 4.63. The number of nitrogens with one attached hydrogen (secondary N) is 1. The molecule has 0 bridgehead atoms. The van der Waals surface area contributed by atoms with E-state index in [1.54, 1.807) is 13.2 Å². The second kappa shape index (κ2) is 6.63. The molecule has 1 aliphatic heterocycles. The van der Waals surface area contributed by atoms with Gasteiger partial charge in [0.25, 0.3) is 5.91 Å². The molecule has 1 heterocycles. The number of carbonyl (C=O) groups is 1. The lowest BCUT2D eigenvalue weighted by Gasteiger charge is -2.32. The van der Waals surface area contributed by atoms with Crippen molar-refractivity contribution in [3.8, 4) is 0 Å². The van der Waals surface area contributed by atoms with Crippen LogP contribution >= 0.6 is 0 Å². The highest BCUT2D eigenvalue weighted by Gasteiger charge is 2.52. The number of amides is 1. The van der Waals surface area contributed by atoms with Crippen LogP contribution in [0.4, 0.5) is 0 Å². The standard InChI is InChI=1S/C17H26BNO4/c1-12-11-13(15(20)19-9-10-21-6)7-8-14(12)18-22-16(2,3)17(4,5)23-18/h7-8,11H,9-10H2,1-6H3,(H,19,20). The molecule has 126 valence electrons. The molecule has 6 heteroatoms. The number of hydrogen-bond donors (Lipinski definition) is 1. The Balaban J connectivity index is 2.13. The van der Waals surface area contributed by atoms with Crippen LogP contribution in [0, 0.1) is 6.92 Å². The highest BCUT2D eigenvalue weighted by molar-refractivity contribution is 6.62. The number of hydrogen-bond acceptors (Lipinski definition) is 4. The first-order chi connectivity index (χ1) is 10.7. The largest absolute Gasteiger partial charge is 0.495 e. The zero-order chi connectivity index (χ0) is 17.3. The van der Waals surface area contributed by atoms with Crippen LogP contribution in [0.3, 0.4) is 0 Å². The fraction of sp³-hybridized carbons (Fsp3) is 0.588. The van der Waals surface area contributed by atoms with Crippen molar-refractivity contribution in [2.24, 2.45) is 0 Å². The molecule has 1 amide bonds. The third-order valence-electron chi connectivity index (χ3n) is 4.63. The van der Waals surface area contributed by atoms with E-state index >= 15 is 0 Å². The van der Waals surface area contributed by atoms with Gasteiger partial charge in [0.1, 0.15) is 0 Å². The topological polar surface area (TPSA) is 56.8 Å². The van der Waals surface area contributed by atoms with Gasteiger partial charge in [-0.05, 0) is 52.2 Å². The van der Waals surface area contributed by atoms with E-state index in [-0.39, 0.29) is 17.1 Å². The molecular weight excluding hydrogens is 293 g/mol. The summed E-state index contributed by atoms with van der Waals surface area (Å²) >= 11 is 0. The zero-order valence-corrected chi connectivity index (χ0v) is 14.9. The summed E-state index contributed by atoms with van der Waals surface area (Å²) in [6.07, 6.45) is 0. The molecule has 1 N–H and O–H groups in total. The maximum Gasteiger partial charge on any atom is 0.495 e. The monoisotopic (exact) mass is 319 g/mol. The molecule has 2 rings (SSSR count). The van der Waals surface area contributed by atoms with Gasteiger partial charge in [-0.3, -0.25) is 4.79 Å². The summed E-state index contributed by atoms with van der Waals surface area (Å²) in [6, 6.07) is 5.57. The van der Waals surface area contributed by atoms with Crippen LogP contribution in [0.2, 0.25) is 0 Å². The Morgan fingerprint density at radius 1 is 1.22 bits per heavy atom. The van der Waals surface area contributed by atoms with Crippen molar-refractivity contribution in [3.63, 3.8) is 0 Å². The Bertz CT molecular complexity index is 570. The van der Waals surface area contributed by atoms with E-state index in [4.69, 9.17) is 14.0 Å². The van der Waals surface area contributed by atoms with Crippen LogP contribution in [0.1, 0.15) is 43.6 Å². The second-order valence-electron chi connectivity index (χ2n) is 6.91. The van der Waals surface area contributed by atoms with Crippen molar-refractivity contribution < 1.29 is 18.8 Å². The average Bonchev–Trinajstić information content (AvgIpc) is 2.67.